The van der Waals surface area contributed by atoms with Crippen LogP contribution < -0.4 is 5.73 Å². The summed E-state index contributed by atoms with van der Waals surface area (Å²) in [5.41, 5.74) is 6.68. The molecule has 2 heterocycles. The zero-order chi connectivity index (χ0) is 10.1. The van der Waals surface area contributed by atoms with E-state index >= 15 is 0 Å². The van der Waals surface area contributed by atoms with Gasteiger partial charge in [-0.05, 0) is 6.07 Å². The number of nitrogens with zero attached hydrogens (tertiary/aromatic N) is 2. The maximum absolute atomic E-state index is 5.79. The lowest BCUT2D eigenvalue weighted by Crippen LogP contribution is -1.86. The van der Waals surface area contributed by atoms with Crippen LogP contribution in [0.2, 0.25) is 10.2 Å². The van der Waals surface area contributed by atoms with Gasteiger partial charge in [-0.1, -0.05) is 28.4 Å². The van der Waals surface area contributed by atoms with Crippen LogP contribution in [0.1, 0.15) is 0 Å². The summed E-state index contributed by atoms with van der Waals surface area (Å²) in [6, 6.07) is 1.62. The fraction of sp³-hybridized carbons (Fsp3) is 0. The summed E-state index contributed by atoms with van der Waals surface area (Å²) in [4.78, 5) is 3.87. The van der Waals surface area contributed by atoms with Crippen LogP contribution >= 0.6 is 23.2 Å². The van der Waals surface area contributed by atoms with E-state index in [1.54, 1.807) is 6.07 Å². The predicted octanol–water partition coefficient (Wildman–Crippen LogP) is 2.63. The van der Waals surface area contributed by atoms with Gasteiger partial charge in [-0.3, -0.25) is 0 Å². The molecule has 6 heteroatoms. The minimum absolute atomic E-state index is 0.244. The van der Waals surface area contributed by atoms with Gasteiger partial charge in [-0.25, -0.2) is 4.98 Å². The van der Waals surface area contributed by atoms with Gasteiger partial charge < -0.3 is 10.3 Å². The molecule has 2 aromatic rings. The molecule has 0 aromatic carbocycles. The highest BCUT2D eigenvalue weighted by Crippen LogP contribution is 2.29. The lowest BCUT2D eigenvalue weighted by Gasteiger charge is -1.98. The molecule has 0 bridgehead atoms. The molecule has 0 aliphatic carbocycles. The number of aromatic nitrogens is 2. The van der Waals surface area contributed by atoms with Crippen LogP contribution in [-0.4, -0.2) is 10.1 Å². The summed E-state index contributed by atoms with van der Waals surface area (Å²) in [6.45, 7) is 0. The van der Waals surface area contributed by atoms with Gasteiger partial charge in [0.25, 0.3) is 0 Å². The summed E-state index contributed by atoms with van der Waals surface area (Å²) < 4.78 is 4.93. The SMILES string of the molecule is Nc1cnoc1-c1cnc(Cl)c(Cl)c1. The standard InChI is InChI=1S/C8H5Cl2N3O/c9-5-1-4(2-12-8(5)10)7-6(11)3-13-14-7/h1-3H,11H2. The molecular formula is C8H5Cl2N3O. The second kappa shape index (κ2) is 3.48. The van der Waals surface area contributed by atoms with E-state index in [2.05, 4.69) is 10.1 Å². The van der Waals surface area contributed by atoms with Crippen molar-refractivity contribution in [3.63, 3.8) is 0 Å². The molecule has 2 aromatic heterocycles. The first-order valence-corrected chi connectivity index (χ1v) is 4.45. The molecule has 72 valence electrons. The third-order valence-corrected chi connectivity index (χ3v) is 2.34. The molecule has 0 saturated heterocycles. The van der Waals surface area contributed by atoms with Crippen molar-refractivity contribution in [3.05, 3.63) is 28.6 Å². The van der Waals surface area contributed by atoms with Crippen LogP contribution in [0.4, 0.5) is 5.69 Å². The van der Waals surface area contributed by atoms with Gasteiger partial charge in [-0.2, -0.15) is 0 Å². The van der Waals surface area contributed by atoms with Gasteiger partial charge in [0.15, 0.2) is 5.76 Å². The van der Waals surface area contributed by atoms with E-state index < -0.39 is 0 Å². The second-order valence-electron chi connectivity index (χ2n) is 2.61. The molecule has 0 atom stereocenters. The molecule has 2 rings (SSSR count). The zero-order valence-corrected chi connectivity index (χ0v) is 8.38. The fourth-order valence-electron chi connectivity index (χ4n) is 1.01. The highest BCUT2D eigenvalue weighted by atomic mass is 35.5. The summed E-state index contributed by atoms with van der Waals surface area (Å²) in [5.74, 6) is 0.441. The number of halogens is 2. The quantitative estimate of drug-likeness (QED) is 0.764. The van der Waals surface area contributed by atoms with Crippen LogP contribution in [0.25, 0.3) is 11.3 Å². The molecule has 0 amide bonds. The summed E-state index contributed by atoms with van der Waals surface area (Å²) in [5, 5.41) is 4.14. The van der Waals surface area contributed by atoms with E-state index in [0.29, 0.717) is 22.0 Å². The molecule has 0 fully saturated rings. The molecule has 0 aliphatic heterocycles. The largest absolute Gasteiger partial charge is 0.394 e. The Morgan fingerprint density at radius 3 is 2.64 bits per heavy atom. The average Bonchev–Trinajstić information content (AvgIpc) is 2.57. The van der Waals surface area contributed by atoms with Crippen LogP contribution in [0.3, 0.4) is 0 Å². The van der Waals surface area contributed by atoms with Gasteiger partial charge in [0.05, 0.1) is 11.2 Å². The molecule has 4 nitrogen and oxygen atoms in total. The molecule has 0 aliphatic rings. The summed E-state index contributed by atoms with van der Waals surface area (Å²) in [7, 11) is 0. The smallest absolute Gasteiger partial charge is 0.191 e. The maximum Gasteiger partial charge on any atom is 0.191 e. The van der Waals surface area contributed by atoms with Crippen LogP contribution in [0.15, 0.2) is 23.0 Å². The zero-order valence-electron chi connectivity index (χ0n) is 6.87. The van der Waals surface area contributed by atoms with Crippen LogP contribution in [0, 0.1) is 0 Å². The Kier molecular flexibility index (Phi) is 2.31. The normalized spacial score (nSPS) is 10.4. The first kappa shape index (κ1) is 9.30. The fourth-order valence-corrected chi connectivity index (χ4v) is 1.28. The minimum Gasteiger partial charge on any atom is -0.394 e. The Bertz CT molecular complexity index is 469. The van der Waals surface area contributed by atoms with Crippen molar-refractivity contribution in [3.8, 4) is 11.3 Å². The van der Waals surface area contributed by atoms with Crippen molar-refractivity contribution in [2.75, 3.05) is 5.73 Å². The van der Waals surface area contributed by atoms with Crippen LogP contribution in [-0.2, 0) is 0 Å². The summed E-state index contributed by atoms with van der Waals surface area (Å²) >= 11 is 11.4. The first-order valence-electron chi connectivity index (χ1n) is 3.70. The van der Waals surface area contributed by atoms with Gasteiger partial charge in [-0.15, -0.1) is 0 Å². The third kappa shape index (κ3) is 1.54. The predicted molar refractivity (Wildman–Crippen MR) is 54.2 cm³/mol. The number of nitrogens with two attached hydrogens (primary N) is 1. The molecule has 0 unspecified atom stereocenters. The van der Waals surface area contributed by atoms with Gasteiger partial charge in [0.2, 0.25) is 0 Å². The van der Waals surface area contributed by atoms with Gasteiger partial charge >= 0.3 is 0 Å². The van der Waals surface area contributed by atoms with Crippen molar-refractivity contribution in [1.29, 1.82) is 0 Å². The van der Waals surface area contributed by atoms with Crippen molar-refractivity contribution in [2.45, 2.75) is 0 Å². The van der Waals surface area contributed by atoms with E-state index in [1.807, 2.05) is 0 Å². The Hall–Kier alpha value is -1.26. The number of nitrogen functional groups attached to an aromatic ring is 1. The van der Waals surface area contributed by atoms with E-state index in [1.165, 1.54) is 12.4 Å². The van der Waals surface area contributed by atoms with Crippen LogP contribution in [0.5, 0.6) is 0 Å². The van der Waals surface area contributed by atoms with Crippen molar-refractivity contribution >= 4 is 28.9 Å². The highest BCUT2D eigenvalue weighted by molar-refractivity contribution is 6.41. The van der Waals surface area contributed by atoms with E-state index in [4.69, 9.17) is 33.5 Å². The Morgan fingerprint density at radius 1 is 1.29 bits per heavy atom. The third-order valence-electron chi connectivity index (χ3n) is 1.66. The van der Waals surface area contributed by atoms with Gasteiger partial charge in [0, 0.05) is 11.8 Å². The monoisotopic (exact) mass is 229 g/mol. The van der Waals surface area contributed by atoms with Crippen molar-refractivity contribution < 1.29 is 4.52 Å². The average molecular weight is 230 g/mol. The molecule has 2 N–H and O–H groups in total. The highest BCUT2D eigenvalue weighted by Gasteiger charge is 2.10. The van der Waals surface area contributed by atoms with E-state index in [-0.39, 0.29) is 5.15 Å². The summed E-state index contributed by atoms with van der Waals surface area (Å²) in [6.07, 6.45) is 2.93. The van der Waals surface area contributed by atoms with E-state index in [9.17, 15) is 0 Å². The molecule has 0 saturated carbocycles. The minimum atomic E-state index is 0.244. The Labute approximate surface area is 89.6 Å². The van der Waals surface area contributed by atoms with Gasteiger partial charge in [0.1, 0.15) is 10.8 Å². The maximum atomic E-state index is 5.79. The van der Waals surface area contributed by atoms with Crippen molar-refractivity contribution in [1.82, 2.24) is 10.1 Å². The lowest BCUT2D eigenvalue weighted by atomic mass is 10.2. The molecule has 0 spiro atoms. The number of rotatable bonds is 1. The number of pyridine rings is 1. The number of hydrogen-bond donors (Lipinski definition) is 1. The van der Waals surface area contributed by atoms with Crippen molar-refractivity contribution in [2.24, 2.45) is 0 Å². The van der Waals surface area contributed by atoms with E-state index in [0.717, 1.165) is 0 Å². The first-order chi connectivity index (χ1) is 6.68. The number of hydrogen-bond acceptors (Lipinski definition) is 4. The molecule has 0 radical (unpaired) electrons. The Morgan fingerprint density at radius 2 is 2.07 bits per heavy atom. The number of anilines is 1. The second-order valence-corrected chi connectivity index (χ2v) is 3.37. The Balaban J connectivity index is 2.53. The lowest BCUT2D eigenvalue weighted by molar-refractivity contribution is 0.432. The molecular weight excluding hydrogens is 225 g/mol. The molecule has 14 heavy (non-hydrogen) atoms. The topological polar surface area (TPSA) is 64.9 Å².